The molecule has 4 nitrogen and oxygen atoms in total. The summed E-state index contributed by atoms with van der Waals surface area (Å²) >= 11 is 0. The lowest BCUT2D eigenvalue weighted by Gasteiger charge is -2.05. The van der Waals surface area contributed by atoms with Crippen LogP contribution < -0.4 is 5.32 Å². The second-order valence-corrected chi connectivity index (χ2v) is 3.88. The molecule has 0 amide bonds. The molecule has 0 aliphatic carbocycles. The van der Waals surface area contributed by atoms with Crippen LogP contribution in [0.15, 0.2) is 48.5 Å². The summed E-state index contributed by atoms with van der Waals surface area (Å²) in [5, 5.41) is 13.7. The first-order chi connectivity index (χ1) is 8.75. The number of nitro benzene ring substituents is 1. The Labute approximate surface area is 105 Å². The molecule has 1 N–H and O–H groups in total. The molecule has 0 unspecified atom stereocenters. The zero-order valence-corrected chi connectivity index (χ0v) is 9.80. The first kappa shape index (κ1) is 12.1. The van der Waals surface area contributed by atoms with Crippen molar-refractivity contribution in [2.75, 3.05) is 11.9 Å². The van der Waals surface area contributed by atoms with E-state index >= 15 is 0 Å². The van der Waals surface area contributed by atoms with Gasteiger partial charge >= 0.3 is 0 Å². The van der Waals surface area contributed by atoms with Crippen LogP contribution in [0.4, 0.5) is 11.4 Å². The fourth-order valence-corrected chi connectivity index (χ4v) is 1.66. The highest BCUT2D eigenvalue weighted by molar-refractivity contribution is 5.50. The van der Waals surface area contributed by atoms with Crippen LogP contribution in [0.1, 0.15) is 5.56 Å². The van der Waals surface area contributed by atoms with E-state index in [2.05, 4.69) is 23.5 Å². The summed E-state index contributed by atoms with van der Waals surface area (Å²) in [5.41, 5.74) is 1.96. The minimum absolute atomic E-state index is 0.0796. The van der Waals surface area contributed by atoms with E-state index in [4.69, 9.17) is 0 Å². The van der Waals surface area contributed by atoms with Gasteiger partial charge in [-0.3, -0.25) is 10.1 Å². The van der Waals surface area contributed by atoms with Gasteiger partial charge in [-0.1, -0.05) is 30.3 Å². The van der Waals surface area contributed by atoms with E-state index in [-0.39, 0.29) is 5.69 Å². The molecule has 0 aliphatic heterocycles. The molecule has 2 aromatic rings. The third kappa shape index (κ3) is 3.31. The number of nitro groups is 1. The van der Waals surface area contributed by atoms with E-state index in [1.807, 2.05) is 18.2 Å². The third-order valence-electron chi connectivity index (χ3n) is 2.57. The first-order valence-corrected chi connectivity index (χ1v) is 5.69. The van der Waals surface area contributed by atoms with Gasteiger partial charge in [-0.2, -0.15) is 0 Å². The Hall–Kier alpha value is -2.36. The molecule has 1 radical (unpaired) electrons. The molecular formula is C14H13N2O2. The van der Waals surface area contributed by atoms with Crippen LogP contribution in [0, 0.1) is 16.2 Å². The van der Waals surface area contributed by atoms with Crippen LogP contribution in [0.25, 0.3) is 0 Å². The SMILES string of the molecule is O=[N+]([O-])c1cc[c]c(NCCc2ccccc2)c1. The maximum absolute atomic E-state index is 10.6. The van der Waals surface area contributed by atoms with Crippen molar-refractivity contribution in [1.29, 1.82) is 0 Å². The van der Waals surface area contributed by atoms with Crippen LogP contribution >= 0.6 is 0 Å². The van der Waals surface area contributed by atoms with Crippen molar-refractivity contribution >= 4 is 11.4 Å². The van der Waals surface area contributed by atoms with Crippen molar-refractivity contribution in [3.8, 4) is 0 Å². The average Bonchev–Trinajstić information content (AvgIpc) is 2.40. The van der Waals surface area contributed by atoms with Crippen molar-refractivity contribution in [3.05, 3.63) is 70.3 Å². The Balaban J connectivity index is 1.90. The van der Waals surface area contributed by atoms with Crippen LogP contribution in [-0.4, -0.2) is 11.5 Å². The van der Waals surface area contributed by atoms with Gasteiger partial charge in [0, 0.05) is 30.4 Å². The van der Waals surface area contributed by atoms with E-state index in [0.717, 1.165) is 13.0 Å². The Morgan fingerprint density at radius 3 is 2.72 bits per heavy atom. The largest absolute Gasteiger partial charge is 0.384 e. The smallest absolute Gasteiger partial charge is 0.271 e. The molecule has 91 valence electrons. The first-order valence-electron chi connectivity index (χ1n) is 5.69. The summed E-state index contributed by atoms with van der Waals surface area (Å²) in [6.07, 6.45) is 0.872. The van der Waals surface area contributed by atoms with Crippen molar-refractivity contribution in [3.63, 3.8) is 0 Å². The van der Waals surface area contributed by atoms with E-state index < -0.39 is 4.92 Å². The Kier molecular flexibility index (Phi) is 3.91. The van der Waals surface area contributed by atoms with Crippen molar-refractivity contribution < 1.29 is 4.92 Å². The molecule has 0 heterocycles. The molecule has 2 rings (SSSR count). The molecule has 0 atom stereocenters. The van der Waals surface area contributed by atoms with Crippen LogP contribution in [0.5, 0.6) is 0 Å². The monoisotopic (exact) mass is 241 g/mol. The molecule has 0 aromatic heterocycles. The van der Waals surface area contributed by atoms with Crippen LogP contribution in [-0.2, 0) is 6.42 Å². The summed E-state index contributed by atoms with van der Waals surface area (Å²) < 4.78 is 0. The molecule has 4 heteroatoms. The van der Waals surface area contributed by atoms with Gasteiger partial charge in [-0.05, 0) is 18.1 Å². The second-order valence-electron chi connectivity index (χ2n) is 3.88. The maximum atomic E-state index is 10.6. The van der Waals surface area contributed by atoms with Crippen molar-refractivity contribution in [2.45, 2.75) is 6.42 Å². The third-order valence-corrected chi connectivity index (χ3v) is 2.57. The molecule has 0 bridgehead atoms. The predicted octanol–water partition coefficient (Wildman–Crippen LogP) is 3.05. The summed E-state index contributed by atoms with van der Waals surface area (Å²) in [6.45, 7) is 0.724. The van der Waals surface area contributed by atoms with Crippen LogP contribution in [0.2, 0.25) is 0 Å². The Morgan fingerprint density at radius 2 is 2.00 bits per heavy atom. The van der Waals surface area contributed by atoms with Crippen LogP contribution in [0.3, 0.4) is 0 Å². The number of anilines is 1. The highest BCUT2D eigenvalue weighted by Crippen LogP contribution is 2.16. The van der Waals surface area contributed by atoms with Crippen molar-refractivity contribution in [2.24, 2.45) is 0 Å². The van der Waals surface area contributed by atoms with Crippen molar-refractivity contribution in [1.82, 2.24) is 0 Å². The lowest BCUT2D eigenvalue weighted by Crippen LogP contribution is -2.05. The summed E-state index contributed by atoms with van der Waals surface area (Å²) in [6, 6.07) is 17.5. The highest BCUT2D eigenvalue weighted by Gasteiger charge is 2.05. The number of nitrogens with zero attached hydrogens (tertiary/aromatic N) is 1. The number of non-ortho nitro benzene ring substituents is 1. The summed E-state index contributed by atoms with van der Waals surface area (Å²) in [5.74, 6) is 0. The van der Waals surface area contributed by atoms with Gasteiger partial charge in [-0.25, -0.2) is 0 Å². The zero-order valence-electron chi connectivity index (χ0n) is 9.80. The van der Waals surface area contributed by atoms with E-state index in [0.29, 0.717) is 5.69 Å². The molecule has 2 aromatic carbocycles. The van der Waals surface area contributed by atoms with Gasteiger partial charge in [0.2, 0.25) is 0 Å². The number of rotatable bonds is 5. The van der Waals surface area contributed by atoms with E-state index in [9.17, 15) is 10.1 Å². The topological polar surface area (TPSA) is 55.2 Å². The highest BCUT2D eigenvalue weighted by atomic mass is 16.6. The quantitative estimate of drug-likeness (QED) is 0.646. The van der Waals surface area contributed by atoms with Gasteiger partial charge in [0.1, 0.15) is 0 Å². The fourth-order valence-electron chi connectivity index (χ4n) is 1.66. The second kappa shape index (κ2) is 5.82. The minimum Gasteiger partial charge on any atom is -0.384 e. The van der Waals surface area contributed by atoms with Gasteiger partial charge in [0.15, 0.2) is 0 Å². The number of hydrogen-bond donors (Lipinski definition) is 1. The van der Waals surface area contributed by atoms with Gasteiger partial charge < -0.3 is 5.32 Å². The standard InChI is InChI=1S/C14H13N2O2/c17-16(18)14-8-4-7-13(11-14)15-10-9-12-5-2-1-3-6-12/h1-6,8,11,15H,9-10H2. The average molecular weight is 241 g/mol. The molecule has 0 spiro atoms. The Bertz CT molecular complexity index is 526. The Morgan fingerprint density at radius 1 is 1.22 bits per heavy atom. The molecular weight excluding hydrogens is 228 g/mol. The molecule has 18 heavy (non-hydrogen) atoms. The fraction of sp³-hybridized carbons (Fsp3) is 0.143. The lowest BCUT2D eigenvalue weighted by molar-refractivity contribution is -0.384. The molecule has 0 fully saturated rings. The molecule has 0 saturated heterocycles. The van der Waals surface area contributed by atoms with Gasteiger partial charge in [0.05, 0.1) is 4.92 Å². The summed E-state index contributed by atoms with van der Waals surface area (Å²) in [7, 11) is 0. The number of benzene rings is 2. The molecule has 0 aliphatic rings. The van der Waals surface area contributed by atoms with E-state index in [1.165, 1.54) is 17.7 Å². The van der Waals surface area contributed by atoms with Gasteiger partial charge in [-0.15, -0.1) is 0 Å². The summed E-state index contributed by atoms with van der Waals surface area (Å²) in [4.78, 5) is 10.2. The molecule has 0 saturated carbocycles. The zero-order chi connectivity index (χ0) is 12.8. The minimum atomic E-state index is -0.407. The normalized spacial score (nSPS) is 10.0. The number of hydrogen-bond acceptors (Lipinski definition) is 3. The van der Waals surface area contributed by atoms with Gasteiger partial charge in [0.25, 0.3) is 5.69 Å². The number of nitrogens with one attached hydrogen (secondary N) is 1. The maximum Gasteiger partial charge on any atom is 0.271 e. The lowest BCUT2D eigenvalue weighted by atomic mass is 10.1. The van der Waals surface area contributed by atoms with E-state index in [1.54, 1.807) is 6.07 Å². The predicted molar refractivity (Wildman–Crippen MR) is 70.6 cm³/mol.